The van der Waals surface area contributed by atoms with Crippen molar-refractivity contribution in [2.75, 3.05) is 0 Å². The number of carbonyl (C=O) groups excluding carboxylic acids is 1. The van der Waals surface area contributed by atoms with Crippen LogP contribution in [-0.4, -0.2) is 24.1 Å². The number of Topliss-reactive ketones (excluding diaryl/α,β-unsaturated/α-hetero) is 1. The lowest BCUT2D eigenvalue weighted by Gasteiger charge is -2.14. The molecule has 13 heavy (non-hydrogen) atoms. The number of aromatic nitrogens is 2. The molecule has 0 spiro atoms. The third kappa shape index (κ3) is 2.52. The minimum Gasteiger partial charge on any atom is -0.300 e. The monoisotopic (exact) mass is 196 g/mol. The third-order valence-corrected chi connectivity index (χ3v) is 3.99. The fourth-order valence-corrected chi connectivity index (χ4v) is 2.85. The van der Waals surface area contributed by atoms with Crippen molar-refractivity contribution in [2.24, 2.45) is 0 Å². The summed E-state index contributed by atoms with van der Waals surface area (Å²) >= 11 is 0. The normalized spacial score (nSPS) is 11.7. The smallest absolute Gasteiger partial charge is 0.135 e. The molecule has 0 amide bonds. The van der Waals surface area contributed by atoms with Gasteiger partial charge in [-0.1, -0.05) is 19.6 Å². The standard InChI is InChI=1S/C9H16N2OSi/c1-7(12)5-8-9(6-10-11-8)13(2,3)4/h6H,5H2,1-4H3,(H,10,11). The van der Waals surface area contributed by atoms with Gasteiger partial charge in [0, 0.05) is 6.20 Å². The van der Waals surface area contributed by atoms with Gasteiger partial charge < -0.3 is 0 Å². The van der Waals surface area contributed by atoms with Crippen molar-refractivity contribution in [1.29, 1.82) is 0 Å². The fourth-order valence-electron chi connectivity index (χ4n) is 1.34. The van der Waals surface area contributed by atoms with Gasteiger partial charge in [0.1, 0.15) is 5.78 Å². The van der Waals surface area contributed by atoms with E-state index in [2.05, 4.69) is 29.8 Å². The van der Waals surface area contributed by atoms with E-state index in [1.165, 1.54) is 5.19 Å². The summed E-state index contributed by atoms with van der Waals surface area (Å²) in [5, 5.41) is 8.22. The summed E-state index contributed by atoms with van der Waals surface area (Å²) in [5.41, 5.74) is 0.937. The number of ketones is 1. The highest BCUT2D eigenvalue weighted by molar-refractivity contribution is 6.89. The van der Waals surface area contributed by atoms with Crippen LogP contribution in [0.2, 0.25) is 19.6 Å². The summed E-state index contributed by atoms with van der Waals surface area (Å²) in [6, 6.07) is 0. The van der Waals surface area contributed by atoms with Crippen molar-refractivity contribution < 1.29 is 4.79 Å². The predicted octanol–water partition coefficient (Wildman–Crippen LogP) is 1.09. The van der Waals surface area contributed by atoms with Gasteiger partial charge in [0.15, 0.2) is 0 Å². The lowest BCUT2D eigenvalue weighted by molar-refractivity contribution is -0.116. The van der Waals surface area contributed by atoms with Crippen LogP contribution in [0.15, 0.2) is 6.20 Å². The van der Waals surface area contributed by atoms with Crippen LogP contribution >= 0.6 is 0 Å². The molecule has 0 aliphatic rings. The van der Waals surface area contributed by atoms with Gasteiger partial charge in [-0.2, -0.15) is 5.10 Å². The molecule has 3 nitrogen and oxygen atoms in total. The zero-order chi connectivity index (χ0) is 10.1. The van der Waals surface area contributed by atoms with E-state index in [-0.39, 0.29) is 5.78 Å². The van der Waals surface area contributed by atoms with Crippen LogP contribution in [0, 0.1) is 0 Å². The second-order valence-electron chi connectivity index (χ2n) is 4.37. The highest BCUT2D eigenvalue weighted by atomic mass is 28.3. The van der Waals surface area contributed by atoms with Gasteiger partial charge in [-0.25, -0.2) is 0 Å². The molecule has 0 aromatic carbocycles. The minimum absolute atomic E-state index is 0.173. The van der Waals surface area contributed by atoms with Crippen molar-refractivity contribution in [3.63, 3.8) is 0 Å². The number of nitrogens with zero attached hydrogens (tertiary/aromatic N) is 1. The van der Waals surface area contributed by atoms with E-state index in [4.69, 9.17) is 0 Å². The van der Waals surface area contributed by atoms with Crippen LogP contribution in [0.25, 0.3) is 0 Å². The van der Waals surface area contributed by atoms with Gasteiger partial charge in [0.05, 0.1) is 20.2 Å². The van der Waals surface area contributed by atoms with E-state index < -0.39 is 8.07 Å². The summed E-state index contributed by atoms with van der Waals surface area (Å²) in [4.78, 5) is 11.0. The van der Waals surface area contributed by atoms with Crippen molar-refractivity contribution in [1.82, 2.24) is 10.2 Å². The molecule has 1 heterocycles. The maximum Gasteiger partial charge on any atom is 0.135 e. The number of H-pyrrole nitrogens is 1. The van der Waals surface area contributed by atoms with Gasteiger partial charge in [-0.05, 0) is 12.1 Å². The second kappa shape index (κ2) is 3.45. The van der Waals surface area contributed by atoms with Crippen LogP contribution in [0.1, 0.15) is 12.6 Å². The van der Waals surface area contributed by atoms with Crippen LogP contribution < -0.4 is 5.19 Å². The van der Waals surface area contributed by atoms with E-state index in [0.717, 1.165) is 5.69 Å². The van der Waals surface area contributed by atoms with Gasteiger partial charge >= 0.3 is 0 Å². The zero-order valence-electron chi connectivity index (χ0n) is 8.64. The summed E-state index contributed by atoms with van der Waals surface area (Å²) in [6.07, 6.45) is 2.40. The average Bonchev–Trinajstić information content (AvgIpc) is 2.31. The fraction of sp³-hybridized carbons (Fsp3) is 0.556. The second-order valence-corrected chi connectivity index (χ2v) is 9.41. The Labute approximate surface area is 79.6 Å². The molecule has 1 aromatic rings. The van der Waals surface area contributed by atoms with Crippen molar-refractivity contribution >= 4 is 19.0 Å². The molecule has 0 aliphatic heterocycles. The molecule has 4 heteroatoms. The molecule has 0 unspecified atom stereocenters. The SMILES string of the molecule is CC(=O)Cc1n[nH]cc1[Si](C)(C)C. The number of nitrogens with one attached hydrogen (secondary N) is 1. The molecule has 72 valence electrons. The molecule has 0 aliphatic carbocycles. The maximum atomic E-state index is 11.0. The molecule has 1 N–H and O–H groups in total. The number of carbonyl (C=O) groups is 1. The first-order chi connectivity index (χ1) is 5.91. The van der Waals surface area contributed by atoms with Crippen molar-refractivity contribution in [3.8, 4) is 0 Å². The Morgan fingerprint density at radius 3 is 2.62 bits per heavy atom. The molecule has 1 aromatic heterocycles. The topological polar surface area (TPSA) is 45.8 Å². The molecule has 0 saturated carbocycles. The number of hydrogen-bond acceptors (Lipinski definition) is 2. The molecule has 0 saturated heterocycles. The molecule has 0 radical (unpaired) electrons. The van der Waals surface area contributed by atoms with Gasteiger partial charge in [0.2, 0.25) is 0 Å². The Morgan fingerprint density at radius 2 is 2.15 bits per heavy atom. The zero-order valence-corrected chi connectivity index (χ0v) is 9.64. The lowest BCUT2D eigenvalue weighted by atomic mass is 10.2. The maximum absolute atomic E-state index is 11.0. The summed E-state index contributed by atoms with van der Waals surface area (Å²) in [7, 11) is -1.34. The van der Waals surface area contributed by atoms with E-state index >= 15 is 0 Å². The first kappa shape index (κ1) is 10.2. The molecular formula is C9H16N2OSi. The van der Waals surface area contributed by atoms with Crippen LogP contribution in [0.3, 0.4) is 0 Å². The number of hydrogen-bond donors (Lipinski definition) is 1. The first-order valence-electron chi connectivity index (χ1n) is 4.44. The number of aromatic amines is 1. The van der Waals surface area contributed by atoms with E-state index in [0.29, 0.717) is 6.42 Å². The van der Waals surface area contributed by atoms with Gasteiger partial charge in [-0.15, -0.1) is 0 Å². The Balaban J connectivity index is 2.96. The van der Waals surface area contributed by atoms with Crippen molar-refractivity contribution in [3.05, 3.63) is 11.9 Å². The quantitative estimate of drug-likeness (QED) is 0.735. The van der Waals surface area contributed by atoms with E-state index in [9.17, 15) is 4.79 Å². The van der Waals surface area contributed by atoms with Crippen LogP contribution in [0.4, 0.5) is 0 Å². The average molecular weight is 196 g/mol. The Hall–Kier alpha value is -0.903. The largest absolute Gasteiger partial charge is 0.300 e. The van der Waals surface area contributed by atoms with Crippen LogP contribution in [0.5, 0.6) is 0 Å². The van der Waals surface area contributed by atoms with Crippen molar-refractivity contribution in [2.45, 2.75) is 33.0 Å². The van der Waals surface area contributed by atoms with E-state index in [1.807, 2.05) is 6.20 Å². The minimum atomic E-state index is -1.34. The summed E-state index contributed by atoms with van der Waals surface area (Å²) in [5.74, 6) is 0.173. The molecular weight excluding hydrogens is 180 g/mol. The first-order valence-corrected chi connectivity index (χ1v) is 7.94. The lowest BCUT2D eigenvalue weighted by Crippen LogP contribution is -2.39. The van der Waals surface area contributed by atoms with Gasteiger partial charge in [-0.3, -0.25) is 9.89 Å². The highest BCUT2D eigenvalue weighted by Gasteiger charge is 2.22. The Kier molecular flexibility index (Phi) is 2.70. The van der Waals surface area contributed by atoms with Gasteiger partial charge in [0.25, 0.3) is 0 Å². The predicted molar refractivity (Wildman–Crippen MR) is 56.0 cm³/mol. The third-order valence-electron chi connectivity index (χ3n) is 1.94. The van der Waals surface area contributed by atoms with Crippen LogP contribution in [-0.2, 0) is 11.2 Å². The van der Waals surface area contributed by atoms with E-state index in [1.54, 1.807) is 6.92 Å². The summed E-state index contributed by atoms with van der Waals surface area (Å²) in [6.45, 7) is 8.35. The Morgan fingerprint density at radius 1 is 1.54 bits per heavy atom. The number of rotatable bonds is 3. The highest BCUT2D eigenvalue weighted by Crippen LogP contribution is 2.05. The molecule has 0 fully saturated rings. The molecule has 1 rings (SSSR count). The Bertz CT molecular complexity index is 312. The molecule has 0 bridgehead atoms. The molecule has 0 atom stereocenters. The summed E-state index contributed by atoms with van der Waals surface area (Å²) < 4.78 is 0.